The first-order chi connectivity index (χ1) is 8.99. The molecule has 0 aliphatic heterocycles. The minimum Gasteiger partial charge on any atom is -0.465 e. The van der Waals surface area contributed by atoms with Crippen molar-refractivity contribution in [1.29, 1.82) is 0 Å². The van der Waals surface area contributed by atoms with Crippen LogP contribution in [0.2, 0.25) is 0 Å². The van der Waals surface area contributed by atoms with E-state index in [9.17, 15) is 14.9 Å². The fraction of sp³-hybridized carbons (Fsp3) is 0.0909. The molecule has 0 aliphatic rings. The molecule has 0 aliphatic carbocycles. The van der Waals surface area contributed by atoms with Crippen molar-refractivity contribution in [2.45, 2.75) is 6.92 Å². The van der Waals surface area contributed by atoms with Crippen LogP contribution in [0.5, 0.6) is 0 Å². The van der Waals surface area contributed by atoms with Gasteiger partial charge in [0.05, 0.1) is 4.92 Å². The molecule has 2 aromatic rings. The van der Waals surface area contributed by atoms with Crippen molar-refractivity contribution in [1.82, 2.24) is 5.16 Å². The number of aromatic nitrogens is 1. The second-order valence-electron chi connectivity index (χ2n) is 3.71. The summed E-state index contributed by atoms with van der Waals surface area (Å²) in [4.78, 5) is 20.7. The number of nitro groups is 1. The molecule has 1 aromatic carbocycles. The van der Waals surface area contributed by atoms with Crippen LogP contribution in [0, 0.1) is 17.0 Å². The average molecular weight is 263 g/mol. The Balaban J connectivity index is 2.41. The van der Waals surface area contributed by atoms with Gasteiger partial charge >= 0.3 is 6.09 Å². The van der Waals surface area contributed by atoms with E-state index in [2.05, 4.69) is 10.5 Å². The molecule has 1 amide bonds. The molecule has 1 heterocycles. The van der Waals surface area contributed by atoms with Crippen LogP contribution in [0.3, 0.4) is 0 Å². The van der Waals surface area contributed by atoms with Crippen molar-refractivity contribution in [3.8, 4) is 11.3 Å². The number of nitro benzene ring substituents is 1. The maximum Gasteiger partial charge on any atom is 0.409 e. The summed E-state index contributed by atoms with van der Waals surface area (Å²) < 4.78 is 5.04. The second-order valence-corrected chi connectivity index (χ2v) is 3.71. The van der Waals surface area contributed by atoms with Crippen molar-refractivity contribution in [2.24, 2.45) is 0 Å². The van der Waals surface area contributed by atoms with E-state index in [1.165, 1.54) is 24.3 Å². The van der Waals surface area contributed by atoms with Crippen molar-refractivity contribution in [3.63, 3.8) is 0 Å². The summed E-state index contributed by atoms with van der Waals surface area (Å²) in [5.74, 6) is 0.217. The fourth-order valence-electron chi connectivity index (χ4n) is 1.56. The zero-order chi connectivity index (χ0) is 14.0. The van der Waals surface area contributed by atoms with Crippen LogP contribution in [0.4, 0.5) is 16.2 Å². The summed E-state index contributed by atoms with van der Waals surface area (Å²) in [6.07, 6.45) is -1.24. The van der Waals surface area contributed by atoms with Crippen LogP contribution in [0.25, 0.3) is 11.3 Å². The Morgan fingerprint density at radius 3 is 2.58 bits per heavy atom. The Kier molecular flexibility index (Phi) is 3.15. The van der Waals surface area contributed by atoms with E-state index in [-0.39, 0.29) is 17.1 Å². The van der Waals surface area contributed by atoms with Crippen LogP contribution in [0.15, 0.2) is 28.8 Å². The Morgan fingerprint density at radius 1 is 1.42 bits per heavy atom. The second kappa shape index (κ2) is 4.77. The first kappa shape index (κ1) is 12.6. The SMILES string of the molecule is Cc1noc(-c2ccc([N+](=O)[O-])cc2)c1NC(=O)O. The Bertz CT molecular complexity index is 632. The standard InChI is InChI=1S/C11H9N3O5/c1-6-9(12-11(15)16)10(19-13-6)7-2-4-8(5-3-7)14(17)18/h2-5,12H,1H3,(H,15,16). The molecule has 19 heavy (non-hydrogen) atoms. The molecule has 0 radical (unpaired) electrons. The summed E-state index contributed by atoms with van der Waals surface area (Å²) in [6.45, 7) is 1.59. The van der Waals surface area contributed by atoms with Gasteiger partial charge in [-0.15, -0.1) is 0 Å². The van der Waals surface area contributed by atoms with Crippen molar-refractivity contribution in [3.05, 3.63) is 40.1 Å². The molecule has 0 atom stereocenters. The van der Waals surface area contributed by atoms with E-state index in [0.717, 1.165) is 0 Å². The maximum atomic E-state index is 10.7. The summed E-state index contributed by atoms with van der Waals surface area (Å²) >= 11 is 0. The topological polar surface area (TPSA) is 119 Å². The van der Waals surface area contributed by atoms with Crippen LogP contribution in [-0.4, -0.2) is 21.3 Å². The molecule has 0 spiro atoms. The van der Waals surface area contributed by atoms with Crippen molar-refractivity contribution in [2.75, 3.05) is 5.32 Å². The van der Waals surface area contributed by atoms with Gasteiger partial charge in [0.25, 0.3) is 5.69 Å². The number of non-ortho nitro benzene ring substituents is 1. The summed E-state index contributed by atoms with van der Waals surface area (Å²) in [6, 6.07) is 5.53. The Hall–Kier alpha value is -2.90. The predicted molar refractivity (Wildman–Crippen MR) is 65.0 cm³/mol. The van der Waals surface area contributed by atoms with Gasteiger partial charge in [-0.25, -0.2) is 4.79 Å². The molecular formula is C11H9N3O5. The van der Waals surface area contributed by atoms with Gasteiger partial charge in [-0.2, -0.15) is 0 Å². The number of carboxylic acid groups (broad SMARTS) is 1. The van der Waals surface area contributed by atoms with Crippen LogP contribution in [0.1, 0.15) is 5.69 Å². The largest absolute Gasteiger partial charge is 0.465 e. The zero-order valence-corrected chi connectivity index (χ0v) is 9.78. The number of hydrogen-bond donors (Lipinski definition) is 2. The van der Waals surface area contributed by atoms with Gasteiger partial charge in [0.2, 0.25) is 0 Å². The molecule has 0 fully saturated rings. The number of anilines is 1. The zero-order valence-electron chi connectivity index (χ0n) is 9.78. The first-order valence-electron chi connectivity index (χ1n) is 5.20. The summed E-state index contributed by atoms with van der Waals surface area (Å²) in [5, 5.41) is 25.1. The van der Waals surface area contributed by atoms with E-state index < -0.39 is 11.0 Å². The summed E-state index contributed by atoms with van der Waals surface area (Å²) in [7, 11) is 0. The predicted octanol–water partition coefficient (Wildman–Crippen LogP) is 2.65. The van der Waals surface area contributed by atoms with Crippen molar-refractivity contribution >= 4 is 17.5 Å². The number of rotatable bonds is 3. The average Bonchev–Trinajstić information content (AvgIpc) is 2.71. The molecule has 1 aromatic heterocycles. The molecule has 2 rings (SSSR count). The van der Waals surface area contributed by atoms with Gasteiger partial charge in [-0.05, 0) is 19.1 Å². The Labute approximate surface area is 106 Å². The molecule has 0 saturated carbocycles. The van der Waals surface area contributed by atoms with Crippen LogP contribution in [-0.2, 0) is 0 Å². The lowest BCUT2D eigenvalue weighted by Crippen LogP contribution is -2.08. The third kappa shape index (κ3) is 2.51. The number of aryl methyl sites for hydroxylation is 1. The number of benzene rings is 1. The van der Waals surface area contributed by atoms with Crippen LogP contribution < -0.4 is 5.32 Å². The fourth-order valence-corrected chi connectivity index (χ4v) is 1.56. The Morgan fingerprint density at radius 2 is 2.05 bits per heavy atom. The highest BCUT2D eigenvalue weighted by atomic mass is 16.6. The van der Waals surface area contributed by atoms with Crippen molar-refractivity contribution < 1.29 is 19.3 Å². The minimum absolute atomic E-state index is 0.0623. The van der Waals surface area contributed by atoms with Gasteiger partial charge in [0.1, 0.15) is 11.4 Å². The molecule has 0 saturated heterocycles. The third-order valence-corrected chi connectivity index (χ3v) is 2.43. The number of nitrogens with zero attached hydrogens (tertiary/aromatic N) is 2. The van der Waals surface area contributed by atoms with E-state index in [1.807, 2.05) is 0 Å². The smallest absolute Gasteiger partial charge is 0.409 e. The molecule has 2 N–H and O–H groups in total. The van der Waals surface area contributed by atoms with Gasteiger partial charge in [0, 0.05) is 17.7 Å². The highest BCUT2D eigenvalue weighted by Crippen LogP contribution is 2.31. The molecular weight excluding hydrogens is 254 g/mol. The third-order valence-electron chi connectivity index (χ3n) is 2.43. The summed E-state index contributed by atoms with van der Waals surface area (Å²) in [5.41, 5.74) is 1.04. The lowest BCUT2D eigenvalue weighted by molar-refractivity contribution is -0.384. The lowest BCUT2D eigenvalue weighted by atomic mass is 10.1. The number of hydrogen-bond acceptors (Lipinski definition) is 5. The number of amides is 1. The van der Waals surface area contributed by atoms with Gasteiger partial charge in [-0.1, -0.05) is 5.16 Å². The van der Waals surface area contributed by atoms with E-state index in [1.54, 1.807) is 6.92 Å². The molecule has 8 heteroatoms. The van der Waals surface area contributed by atoms with Gasteiger partial charge < -0.3 is 9.63 Å². The normalized spacial score (nSPS) is 10.2. The number of nitrogens with one attached hydrogen (secondary N) is 1. The van der Waals surface area contributed by atoms with E-state index >= 15 is 0 Å². The molecule has 0 unspecified atom stereocenters. The van der Waals surface area contributed by atoms with Crippen LogP contribution >= 0.6 is 0 Å². The van der Waals surface area contributed by atoms with Gasteiger partial charge in [0.15, 0.2) is 5.76 Å². The molecule has 98 valence electrons. The molecule has 8 nitrogen and oxygen atoms in total. The van der Waals surface area contributed by atoms with Gasteiger partial charge in [-0.3, -0.25) is 15.4 Å². The highest BCUT2D eigenvalue weighted by Gasteiger charge is 2.17. The number of carbonyl (C=O) groups is 1. The maximum absolute atomic E-state index is 10.7. The van der Waals surface area contributed by atoms with E-state index in [4.69, 9.17) is 9.63 Å². The lowest BCUT2D eigenvalue weighted by Gasteiger charge is -2.01. The molecule has 0 bridgehead atoms. The quantitative estimate of drug-likeness (QED) is 0.649. The highest BCUT2D eigenvalue weighted by molar-refractivity contribution is 5.89. The first-order valence-corrected chi connectivity index (χ1v) is 5.20. The monoisotopic (exact) mass is 263 g/mol. The minimum atomic E-state index is -1.24. The van der Waals surface area contributed by atoms with E-state index in [0.29, 0.717) is 11.3 Å².